The maximum Gasteiger partial charge on any atom is 0.0755 e. The van der Waals surface area contributed by atoms with E-state index < -0.39 is 10.8 Å². The molecule has 2 heterocycles. The first-order valence-corrected chi connectivity index (χ1v) is 26.6. The average molecular weight is 963 g/mol. The molecule has 1 atom stereocenters. The molecule has 352 valence electrons. The minimum Gasteiger partial charge on any atom is -0.310 e. The third-order valence-electron chi connectivity index (χ3n) is 17.6. The van der Waals surface area contributed by atoms with Crippen LogP contribution in [0.4, 0.5) is 17.1 Å². The highest BCUT2D eigenvalue weighted by molar-refractivity contribution is 6.13. The summed E-state index contributed by atoms with van der Waals surface area (Å²) in [6.07, 6.45) is 0. The molecule has 17 rings (SSSR count). The van der Waals surface area contributed by atoms with Crippen LogP contribution in [0, 0.1) is 0 Å². The molecule has 4 aliphatic rings. The van der Waals surface area contributed by atoms with Crippen molar-refractivity contribution in [3.05, 3.63) is 324 Å². The molecule has 2 spiro atoms. The molecule has 2 nitrogen and oxygen atoms in total. The smallest absolute Gasteiger partial charge is 0.0755 e. The van der Waals surface area contributed by atoms with Crippen LogP contribution >= 0.6 is 0 Å². The van der Waals surface area contributed by atoms with Crippen LogP contribution in [-0.2, 0) is 10.8 Å². The van der Waals surface area contributed by atoms with Crippen LogP contribution in [0.15, 0.2) is 279 Å². The van der Waals surface area contributed by atoms with Gasteiger partial charge in [-0.25, -0.2) is 0 Å². The van der Waals surface area contributed by atoms with Gasteiger partial charge in [0, 0.05) is 27.7 Å². The fourth-order valence-electron chi connectivity index (χ4n) is 14.7. The van der Waals surface area contributed by atoms with Gasteiger partial charge in [0.2, 0.25) is 0 Å². The lowest BCUT2D eigenvalue weighted by Crippen LogP contribution is -2.33. The number of benzene rings is 12. The number of rotatable bonds is 5. The van der Waals surface area contributed by atoms with E-state index in [0.29, 0.717) is 0 Å². The predicted molar refractivity (Wildman–Crippen MR) is 313 cm³/mol. The molecule has 3 aliphatic carbocycles. The van der Waals surface area contributed by atoms with Crippen molar-refractivity contribution in [3.8, 4) is 61.3 Å². The number of para-hydroxylation sites is 4. The van der Waals surface area contributed by atoms with Crippen LogP contribution in [0.5, 0.6) is 0 Å². The highest BCUT2D eigenvalue weighted by Gasteiger charge is 2.53. The van der Waals surface area contributed by atoms with E-state index in [2.05, 4.69) is 289 Å². The van der Waals surface area contributed by atoms with E-state index in [1.807, 2.05) is 0 Å². The summed E-state index contributed by atoms with van der Waals surface area (Å²) in [6.45, 7) is 0. The third-order valence-corrected chi connectivity index (χ3v) is 17.6. The molecule has 0 fully saturated rings. The summed E-state index contributed by atoms with van der Waals surface area (Å²) >= 11 is 0. The topological polar surface area (TPSA) is 8.17 Å². The number of hydrogen-bond acceptors (Lipinski definition) is 1. The number of aromatic nitrogens is 1. The van der Waals surface area contributed by atoms with Gasteiger partial charge in [0.05, 0.1) is 33.2 Å². The van der Waals surface area contributed by atoms with Gasteiger partial charge >= 0.3 is 0 Å². The number of fused-ring (bicyclic) bond motifs is 22. The van der Waals surface area contributed by atoms with Crippen molar-refractivity contribution in [2.75, 3.05) is 4.90 Å². The van der Waals surface area contributed by atoms with Gasteiger partial charge in [-0.3, -0.25) is 0 Å². The van der Waals surface area contributed by atoms with Crippen LogP contribution in [0.25, 0.3) is 83.1 Å². The summed E-state index contributed by atoms with van der Waals surface area (Å²) in [5, 5.41) is 2.55. The summed E-state index contributed by atoms with van der Waals surface area (Å²) in [6, 6.07) is 105. The molecule has 76 heavy (non-hydrogen) atoms. The number of nitrogens with zero attached hydrogens (tertiary/aromatic N) is 2. The minimum atomic E-state index is -0.609. The molecule has 1 aromatic heterocycles. The Balaban J connectivity index is 0.952. The molecule has 2 heteroatoms. The molecule has 0 amide bonds. The second kappa shape index (κ2) is 15.4. The zero-order valence-corrected chi connectivity index (χ0v) is 41.5. The Hall–Kier alpha value is -9.76. The molecule has 0 radical (unpaired) electrons. The van der Waals surface area contributed by atoms with Crippen molar-refractivity contribution >= 4 is 38.9 Å². The van der Waals surface area contributed by atoms with Crippen molar-refractivity contribution in [1.82, 2.24) is 4.57 Å². The van der Waals surface area contributed by atoms with Gasteiger partial charge in [-0.05, 0) is 137 Å². The zero-order chi connectivity index (χ0) is 49.7. The highest BCUT2D eigenvalue weighted by Crippen LogP contribution is 2.65. The van der Waals surface area contributed by atoms with Crippen LogP contribution < -0.4 is 4.90 Å². The maximum absolute atomic E-state index is 2.56. The van der Waals surface area contributed by atoms with Crippen molar-refractivity contribution in [2.45, 2.75) is 10.8 Å². The first kappa shape index (κ1) is 41.7. The van der Waals surface area contributed by atoms with Gasteiger partial charge in [0.1, 0.15) is 0 Å². The first-order chi connectivity index (χ1) is 37.7. The highest BCUT2D eigenvalue weighted by atomic mass is 15.1. The maximum atomic E-state index is 2.56. The second-order valence-corrected chi connectivity index (χ2v) is 21.0. The predicted octanol–water partition coefficient (Wildman–Crippen LogP) is 18.6. The largest absolute Gasteiger partial charge is 0.310 e. The van der Waals surface area contributed by atoms with Gasteiger partial charge in [-0.1, -0.05) is 237 Å². The lowest BCUT2D eigenvalue weighted by molar-refractivity contribution is 0.748. The van der Waals surface area contributed by atoms with Crippen LogP contribution in [0.2, 0.25) is 0 Å². The van der Waals surface area contributed by atoms with Crippen molar-refractivity contribution in [3.63, 3.8) is 0 Å². The molecule has 0 bridgehead atoms. The van der Waals surface area contributed by atoms with E-state index in [1.165, 1.54) is 117 Å². The molecule has 12 aromatic carbocycles. The normalized spacial score (nSPS) is 15.3. The van der Waals surface area contributed by atoms with Crippen LogP contribution in [0.1, 0.15) is 44.5 Å². The Morgan fingerprint density at radius 2 is 0.684 bits per heavy atom. The molecular formula is C74H46N2. The van der Waals surface area contributed by atoms with Gasteiger partial charge in [-0.2, -0.15) is 0 Å². The average Bonchev–Trinajstić information content (AvgIpc) is 4.21. The van der Waals surface area contributed by atoms with E-state index in [4.69, 9.17) is 0 Å². The standard InChI is InChI=1S/C74H46N2/c1-2-19-47(20-3-1)48-37-39-49(40-38-48)52-21-8-15-34-69(52)75(50-41-43-57-55-24-6-12-30-63(55)73(67(57)45-50)61-28-10-4-22-53(61)54-23-5-11-29-62(54)73)51-42-44-58-56-25-7-13-31-64(56)74(68(58)46-51)65-32-14-17-36-71(65)76-70-35-16-9-26-59(70)60-27-18-33-66(74)72(60)76/h1-46H. The molecule has 0 saturated heterocycles. The van der Waals surface area contributed by atoms with E-state index >= 15 is 0 Å². The minimum absolute atomic E-state index is 0.500. The summed E-state index contributed by atoms with van der Waals surface area (Å²) in [7, 11) is 0. The molecule has 0 saturated carbocycles. The third kappa shape index (κ3) is 5.25. The number of hydrogen-bond donors (Lipinski definition) is 0. The molecule has 13 aromatic rings. The van der Waals surface area contributed by atoms with E-state index in [0.717, 1.165) is 28.2 Å². The lowest BCUT2D eigenvalue weighted by Gasteiger charge is -2.40. The van der Waals surface area contributed by atoms with Crippen LogP contribution in [-0.4, -0.2) is 4.57 Å². The Kier molecular flexibility index (Phi) is 8.44. The zero-order valence-electron chi connectivity index (χ0n) is 41.5. The lowest BCUT2D eigenvalue weighted by atomic mass is 9.65. The van der Waals surface area contributed by atoms with Gasteiger partial charge in [0.25, 0.3) is 0 Å². The molecule has 1 aliphatic heterocycles. The van der Waals surface area contributed by atoms with Crippen molar-refractivity contribution < 1.29 is 0 Å². The first-order valence-electron chi connectivity index (χ1n) is 26.6. The van der Waals surface area contributed by atoms with Crippen molar-refractivity contribution in [1.29, 1.82) is 0 Å². The monoisotopic (exact) mass is 962 g/mol. The summed E-state index contributed by atoms with van der Waals surface area (Å²) in [5.74, 6) is 0. The fraction of sp³-hybridized carbons (Fsp3) is 0.0270. The Morgan fingerprint density at radius 1 is 0.263 bits per heavy atom. The van der Waals surface area contributed by atoms with Gasteiger partial charge in [0.15, 0.2) is 0 Å². The van der Waals surface area contributed by atoms with Gasteiger partial charge < -0.3 is 9.47 Å². The number of anilines is 3. The van der Waals surface area contributed by atoms with E-state index in [-0.39, 0.29) is 0 Å². The summed E-state index contributed by atoms with van der Waals surface area (Å²) in [5.41, 5.74) is 28.9. The summed E-state index contributed by atoms with van der Waals surface area (Å²) in [4.78, 5) is 2.56. The molecular weight excluding hydrogens is 917 g/mol. The Bertz CT molecular complexity index is 4530. The summed E-state index contributed by atoms with van der Waals surface area (Å²) < 4.78 is 2.54. The fourth-order valence-corrected chi connectivity index (χ4v) is 14.7. The quantitative estimate of drug-likeness (QED) is 0.167. The van der Waals surface area contributed by atoms with E-state index in [1.54, 1.807) is 0 Å². The van der Waals surface area contributed by atoms with Crippen LogP contribution in [0.3, 0.4) is 0 Å². The SMILES string of the molecule is c1ccc(-c2ccc(-c3ccccc3N(c3ccc4c(c3)C3(c5ccccc5-c5ccccc53)c3ccccc3-4)c3ccc4c(c3)C3(c5ccccc5-4)c4ccccc4-n4c5ccccc5c5cccc3c54)cc2)cc1. The molecule has 0 N–H and O–H groups in total. The van der Waals surface area contributed by atoms with Crippen molar-refractivity contribution in [2.24, 2.45) is 0 Å². The Labute approximate surface area is 441 Å². The second-order valence-electron chi connectivity index (χ2n) is 21.0. The Morgan fingerprint density at radius 3 is 1.29 bits per heavy atom. The molecule has 1 unspecified atom stereocenters. The van der Waals surface area contributed by atoms with Gasteiger partial charge in [-0.15, -0.1) is 0 Å². The van der Waals surface area contributed by atoms with E-state index in [9.17, 15) is 0 Å².